The zero-order valence-corrected chi connectivity index (χ0v) is 16.5. The maximum absolute atomic E-state index is 13.0. The van der Waals surface area contributed by atoms with Crippen molar-refractivity contribution in [2.75, 3.05) is 20.2 Å². The Morgan fingerprint density at radius 1 is 1.21 bits per heavy atom. The number of likely N-dealkylation sites (tertiary alicyclic amines) is 1. The Morgan fingerprint density at radius 2 is 1.97 bits per heavy atom. The first-order valence-corrected chi connectivity index (χ1v) is 9.92. The number of piperidine rings is 1. The summed E-state index contributed by atoms with van der Waals surface area (Å²) in [4.78, 5) is 15.4. The highest BCUT2D eigenvalue weighted by atomic mass is 19.4. The molecular weight excluding hydrogens is 383 g/mol. The molecule has 2 aromatic rings. The highest BCUT2D eigenvalue weighted by molar-refractivity contribution is 5.96. The van der Waals surface area contributed by atoms with Gasteiger partial charge in [0, 0.05) is 18.5 Å². The number of carbonyl (C=O) groups excluding carboxylic acids is 1. The van der Waals surface area contributed by atoms with Gasteiger partial charge in [-0.1, -0.05) is 0 Å². The van der Waals surface area contributed by atoms with Crippen molar-refractivity contribution in [2.45, 2.75) is 44.8 Å². The summed E-state index contributed by atoms with van der Waals surface area (Å²) in [7, 11) is 1.32. The Balaban J connectivity index is 1.60. The third-order valence-electron chi connectivity index (χ3n) is 5.82. The quantitative estimate of drug-likeness (QED) is 0.628. The van der Waals surface area contributed by atoms with Gasteiger partial charge in [-0.05, 0) is 69.0 Å². The number of Topliss-reactive ketones (excluding diaryl/α,β-unsaturated/α-hetero) is 1. The lowest BCUT2D eigenvalue weighted by atomic mass is 9.92. The van der Waals surface area contributed by atoms with Gasteiger partial charge >= 0.3 is 6.18 Å². The molecule has 0 amide bonds. The molecule has 1 aliphatic carbocycles. The molecule has 1 aromatic heterocycles. The van der Waals surface area contributed by atoms with Crippen molar-refractivity contribution < 1.29 is 27.1 Å². The fourth-order valence-corrected chi connectivity index (χ4v) is 4.12. The highest BCUT2D eigenvalue weighted by Gasteiger charge is 2.36. The zero-order chi connectivity index (χ0) is 20.8. The smallest absolute Gasteiger partial charge is 0.416 e. The molecule has 0 spiro atoms. The van der Waals surface area contributed by atoms with Crippen LogP contribution in [0.4, 0.5) is 13.2 Å². The van der Waals surface area contributed by atoms with Gasteiger partial charge in [0.25, 0.3) is 0 Å². The number of ether oxygens (including phenoxy) is 1. The van der Waals surface area contributed by atoms with E-state index >= 15 is 0 Å². The van der Waals surface area contributed by atoms with Gasteiger partial charge in [0.2, 0.25) is 5.78 Å². The van der Waals surface area contributed by atoms with Crippen molar-refractivity contribution >= 4 is 5.78 Å². The third-order valence-corrected chi connectivity index (χ3v) is 5.82. The summed E-state index contributed by atoms with van der Waals surface area (Å²) in [6.45, 7) is 3.58. The molecule has 1 unspecified atom stereocenters. The van der Waals surface area contributed by atoms with Crippen LogP contribution in [0.3, 0.4) is 0 Å². The summed E-state index contributed by atoms with van der Waals surface area (Å²) in [5.74, 6) is 0.567. The van der Waals surface area contributed by atoms with Crippen LogP contribution in [0.2, 0.25) is 0 Å². The minimum absolute atomic E-state index is 0.0319. The van der Waals surface area contributed by atoms with E-state index in [2.05, 4.69) is 4.90 Å². The number of nitrogens with zero attached hydrogens (tertiary/aromatic N) is 1. The van der Waals surface area contributed by atoms with E-state index in [0.717, 1.165) is 38.1 Å². The molecule has 1 aromatic carbocycles. The maximum atomic E-state index is 13.0. The van der Waals surface area contributed by atoms with Gasteiger partial charge < -0.3 is 9.15 Å². The average Bonchev–Trinajstić information content (AvgIpc) is 3.48. The SMILES string of the molecule is COc1cc(C(F)(F)F)ccc1-c1oc(C(=O)C2CCCN(C3CC3)C2)cc1C. The molecule has 2 heterocycles. The molecule has 1 saturated carbocycles. The van der Waals surface area contributed by atoms with Crippen LogP contribution < -0.4 is 4.74 Å². The van der Waals surface area contributed by atoms with Gasteiger partial charge in [-0.15, -0.1) is 0 Å². The number of halogens is 3. The predicted molar refractivity (Wildman–Crippen MR) is 102 cm³/mol. The van der Waals surface area contributed by atoms with Crippen molar-refractivity contribution in [3.05, 3.63) is 41.2 Å². The van der Waals surface area contributed by atoms with Crippen molar-refractivity contribution in [1.29, 1.82) is 0 Å². The summed E-state index contributed by atoms with van der Waals surface area (Å²) >= 11 is 0. The number of hydrogen-bond acceptors (Lipinski definition) is 4. The molecule has 0 N–H and O–H groups in total. The molecule has 156 valence electrons. The lowest BCUT2D eigenvalue weighted by Crippen LogP contribution is -2.39. The number of rotatable bonds is 5. The standard InChI is InChI=1S/C22H24F3NO3/c1-13-10-19(20(27)14-4-3-9-26(12-14)16-6-7-16)29-21(13)17-8-5-15(22(23,24)25)11-18(17)28-2/h5,8,10-11,14,16H,3-4,6-7,9,12H2,1-2H3. The van der Waals surface area contributed by atoms with E-state index in [1.807, 2.05) is 0 Å². The second kappa shape index (κ2) is 7.52. The molecule has 1 aliphatic heterocycles. The van der Waals surface area contributed by atoms with Crippen LogP contribution >= 0.6 is 0 Å². The van der Waals surface area contributed by atoms with Crippen LogP contribution in [0.5, 0.6) is 5.75 Å². The maximum Gasteiger partial charge on any atom is 0.416 e. The number of methoxy groups -OCH3 is 1. The molecule has 2 fully saturated rings. The zero-order valence-electron chi connectivity index (χ0n) is 16.5. The molecular formula is C22H24F3NO3. The minimum Gasteiger partial charge on any atom is -0.496 e. The van der Waals surface area contributed by atoms with Crippen molar-refractivity contribution in [1.82, 2.24) is 4.90 Å². The van der Waals surface area contributed by atoms with Gasteiger partial charge in [0.15, 0.2) is 5.76 Å². The summed E-state index contributed by atoms with van der Waals surface area (Å²) in [6, 6.07) is 5.58. The van der Waals surface area contributed by atoms with Crippen molar-refractivity contribution in [3.63, 3.8) is 0 Å². The van der Waals surface area contributed by atoms with Crippen LogP contribution in [0.1, 0.15) is 47.4 Å². The molecule has 7 heteroatoms. The van der Waals surface area contributed by atoms with Gasteiger partial charge in [-0.3, -0.25) is 9.69 Å². The van der Waals surface area contributed by atoms with Crippen molar-refractivity contribution in [2.24, 2.45) is 5.92 Å². The molecule has 1 atom stereocenters. The molecule has 1 saturated heterocycles. The second-order valence-electron chi connectivity index (χ2n) is 7.97. The van der Waals surface area contributed by atoms with Crippen molar-refractivity contribution in [3.8, 4) is 17.1 Å². The number of benzene rings is 1. The number of ketones is 1. The van der Waals surface area contributed by atoms with Crippen LogP contribution in [0.15, 0.2) is 28.7 Å². The third kappa shape index (κ3) is 4.06. The summed E-state index contributed by atoms with van der Waals surface area (Å²) in [5.41, 5.74) is 0.308. The average molecular weight is 407 g/mol. The molecule has 0 bridgehead atoms. The van der Waals surface area contributed by atoms with E-state index in [1.54, 1.807) is 13.0 Å². The molecule has 4 rings (SSSR count). The summed E-state index contributed by atoms with van der Waals surface area (Å²) < 4.78 is 50.0. The number of aryl methyl sites for hydroxylation is 1. The van der Waals surface area contributed by atoms with E-state index in [1.165, 1.54) is 26.0 Å². The monoisotopic (exact) mass is 407 g/mol. The topological polar surface area (TPSA) is 42.7 Å². The number of furan rings is 1. The van der Waals surface area contributed by atoms with Gasteiger partial charge in [0.05, 0.1) is 18.2 Å². The number of alkyl halides is 3. The lowest BCUT2D eigenvalue weighted by Gasteiger charge is -2.31. The summed E-state index contributed by atoms with van der Waals surface area (Å²) in [5, 5.41) is 0. The Kier molecular flexibility index (Phi) is 5.19. The van der Waals surface area contributed by atoms with E-state index in [0.29, 0.717) is 22.9 Å². The second-order valence-corrected chi connectivity index (χ2v) is 7.97. The number of carbonyl (C=O) groups is 1. The van der Waals surface area contributed by atoms with E-state index in [-0.39, 0.29) is 23.2 Å². The van der Waals surface area contributed by atoms with Gasteiger partial charge in [-0.25, -0.2) is 0 Å². The van der Waals surface area contributed by atoms with Gasteiger partial charge in [0.1, 0.15) is 11.5 Å². The van der Waals surface area contributed by atoms with Gasteiger partial charge in [-0.2, -0.15) is 13.2 Å². The van der Waals surface area contributed by atoms with Crippen LogP contribution in [0.25, 0.3) is 11.3 Å². The molecule has 0 radical (unpaired) electrons. The predicted octanol–water partition coefficient (Wildman–Crippen LogP) is 5.34. The van der Waals surface area contributed by atoms with Crippen LogP contribution in [-0.2, 0) is 6.18 Å². The fraction of sp³-hybridized carbons (Fsp3) is 0.500. The first kappa shape index (κ1) is 20.0. The van der Waals surface area contributed by atoms with E-state index < -0.39 is 11.7 Å². The fourth-order valence-electron chi connectivity index (χ4n) is 4.12. The number of hydrogen-bond donors (Lipinski definition) is 0. The largest absolute Gasteiger partial charge is 0.496 e. The lowest BCUT2D eigenvalue weighted by molar-refractivity contribution is -0.137. The van der Waals surface area contributed by atoms with Crippen LogP contribution in [0, 0.1) is 12.8 Å². The molecule has 4 nitrogen and oxygen atoms in total. The first-order valence-electron chi connectivity index (χ1n) is 9.92. The summed E-state index contributed by atoms with van der Waals surface area (Å²) in [6.07, 6.45) is -0.219. The van der Waals surface area contributed by atoms with Crippen LogP contribution in [-0.4, -0.2) is 36.9 Å². The minimum atomic E-state index is -4.46. The Labute approximate surface area is 167 Å². The Bertz CT molecular complexity index is 915. The normalized spacial score (nSPS) is 20.7. The molecule has 29 heavy (non-hydrogen) atoms. The molecule has 2 aliphatic rings. The Morgan fingerprint density at radius 3 is 2.62 bits per heavy atom. The van der Waals surface area contributed by atoms with E-state index in [9.17, 15) is 18.0 Å². The Hall–Kier alpha value is -2.28. The first-order chi connectivity index (χ1) is 13.8. The highest BCUT2D eigenvalue weighted by Crippen LogP contribution is 2.39. The van der Waals surface area contributed by atoms with E-state index in [4.69, 9.17) is 9.15 Å².